The Hall–Kier alpha value is -2.33. The van der Waals surface area contributed by atoms with Gasteiger partial charge in [0.1, 0.15) is 0 Å². The van der Waals surface area contributed by atoms with Crippen molar-refractivity contribution in [3.8, 4) is 0 Å². The lowest BCUT2D eigenvalue weighted by Gasteiger charge is -2.18. The molecular weight excluding hydrogens is 336 g/mol. The van der Waals surface area contributed by atoms with E-state index in [-0.39, 0.29) is 24.2 Å². The molecule has 1 aliphatic rings. The number of carbonyl (C=O) groups is 2. The van der Waals surface area contributed by atoms with Crippen molar-refractivity contribution in [1.82, 2.24) is 4.90 Å². The lowest BCUT2D eigenvalue weighted by molar-refractivity contribution is -0.128. The van der Waals surface area contributed by atoms with E-state index in [1.807, 2.05) is 48.5 Å². The van der Waals surface area contributed by atoms with Gasteiger partial charge >= 0.3 is 0 Å². The molecule has 1 saturated heterocycles. The summed E-state index contributed by atoms with van der Waals surface area (Å²) in [6, 6.07) is 15.2. The van der Waals surface area contributed by atoms with Crippen LogP contribution in [-0.4, -0.2) is 23.3 Å². The fourth-order valence-electron chi connectivity index (χ4n) is 3.12. The zero-order chi connectivity index (χ0) is 17.8. The molecule has 1 N–H and O–H groups in total. The second kappa shape index (κ2) is 7.70. The van der Waals surface area contributed by atoms with Crippen LogP contribution in [0.3, 0.4) is 0 Å². The van der Waals surface area contributed by atoms with Gasteiger partial charge in [-0.1, -0.05) is 54.9 Å². The zero-order valence-corrected chi connectivity index (χ0v) is 14.9. The first-order valence-corrected chi connectivity index (χ1v) is 8.86. The molecule has 0 saturated carbocycles. The van der Waals surface area contributed by atoms with Crippen molar-refractivity contribution in [3.63, 3.8) is 0 Å². The predicted molar refractivity (Wildman–Crippen MR) is 99.4 cm³/mol. The molecule has 0 radical (unpaired) electrons. The number of anilines is 1. The first-order chi connectivity index (χ1) is 12.1. The van der Waals surface area contributed by atoms with Crippen LogP contribution in [0.1, 0.15) is 24.5 Å². The highest BCUT2D eigenvalue weighted by atomic mass is 35.5. The molecule has 0 aliphatic carbocycles. The quantitative estimate of drug-likeness (QED) is 0.883. The van der Waals surface area contributed by atoms with Gasteiger partial charge < -0.3 is 10.2 Å². The molecule has 2 aromatic rings. The number of carbonyl (C=O) groups excluding carboxylic acids is 2. The van der Waals surface area contributed by atoms with Crippen molar-refractivity contribution in [2.75, 3.05) is 11.9 Å². The number of halogens is 1. The third-order valence-electron chi connectivity index (χ3n) is 4.56. The molecular formula is C20H21ClN2O2. The summed E-state index contributed by atoms with van der Waals surface area (Å²) in [4.78, 5) is 26.6. The van der Waals surface area contributed by atoms with Gasteiger partial charge in [-0.3, -0.25) is 9.59 Å². The second-order valence-corrected chi connectivity index (χ2v) is 6.67. The molecule has 0 aromatic heterocycles. The van der Waals surface area contributed by atoms with Crippen molar-refractivity contribution in [3.05, 3.63) is 64.7 Å². The van der Waals surface area contributed by atoms with E-state index in [1.165, 1.54) is 0 Å². The summed E-state index contributed by atoms with van der Waals surface area (Å²) < 4.78 is 0. The molecule has 0 bridgehead atoms. The molecule has 0 spiro atoms. The van der Waals surface area contributed by atoms with Crippen molar-refractivity contribution in [2.24, 2.45) is 5.92 Å². The third kappa shape index (κ3) is 4.02. The van der Waals surface area contributed by atoms with Crippen LogP contribution in [-0.2, 0) is 22.6 Å². The van der Waals surface area contributed by atoms with Crippen molar-refractivity contribution >= 4 is 29.1 Å². The highest BCUT2D eigenvalue weighted by molar-refractivity contribution is 6.31. The summed E-state index contributed by atoms with van der Waals surface area (Å²) in [5, 5.41) is 3.61. The fourth-order valence-corrected chi connectivity index (χ4v) is 3.31. The maximum absolute atomic E-state index is 12.6. The summed E-state index contributed by atoms with van der Waals surface area (Å²) in [6.45, 7) is 2.91. The van der Waals surface area contributed by atoms with E-state index in [0.29, 0.717) is 18.1 Å². The summed E-state index contributed by atoms with van der Waals surface area (Å²) >= 11 is 6.17. The van der Waals surface area contributed by atoms with Crippen molar-refractivity contribution in [2.45, 2.75) is 26.3 Å². The average molecular weight is 357 g/mol. The highest BCUT2D eigenvalue weighted by Crippen LogP contribution is 2.25. The third-order valence-corrected chi connectivity index (χ3v) is 4.93. The van der Waals surface area contributed by atoms with Gasteiger partial charge in [0.2, 0.25) is 11.8 Å². The summed E-state index contributed by atoms with van der Waals surface area (Å²) in [5.74, 6) is -0.445. The van der Waals surface area contributed by atoms with Crippen LogP contribution in [0.15, 0.2) is 48.5 Å². The van der Waals surface area contributed by atoms with Crippen LogP contribution in [0, 0.1) is 5.92 Å². The number of para-hydroxylation sites is 1. The molecule has 2 aromatic carbocycles. The molecule has 1 fully saturated rings. The molecule has 2 amide bonds. The van der Waals surface area contributed by atoms with Crippen molar-refractivity contribution < 1.29 is 9.59 Å². The number of rotatable bonds is 5. The maximum atomic E-state index is 12.6. The Morgan fingerprint density at radius 2 is 1.84 bits per heavy atom. The standard InChI is InChI=1S/C20H21ClN2O2/c1-2-14-7-4-6-10-18(14)22-20(25)16-11-19(24)23(13-16)12-15-8-3-5-9-17(15)21/h3-10,16H,2,11-13H2,1H3,(H,22,25)/t16-/m1/s1. The maximum Gasteiger partial charge on any atom is 0.229 e. The molecule has 1 heterocycles. The van der Waals surface area contributed by atoms with Crippen LogP contribution in [0.25, 0.3) is 0 Å². The van der Waals surface area contributed by atoms with Crippen LogP contribution < -0.4 is 5.32 Å². The monoisotopic (exact) mass is 356 g/mol. The molecule has 25 heavy (non-hydrogen) atoms. The van der Waals surface area contributed by atoms with Crippen molar-refractivity contribution in [1.29, 1.82) is 0 Å². The Bertz CT molecular complexity index is 791. The minimum atomic E-state index is -0.333. The first-order valence-electron chi connectivity index (χ1n) is 8.48. The Kier molecular flexibility index (Phi) is 5.39. The topological polar surface area (TPSA) is 49.4 Å². The van der Waals surface area contributed by atoms with E-state index >= 15 is 0 Å². The Morgan fingerprint density at radius 1 is 1.16 bits per heavy atom. The van der Waals surface area contributed by atoms with E-state index in [2.05, 4.69) is 12.2 Å². The van der Waals surface area contributed by atoms with E-state index < -0.39 is 0 Å². The lowest BCUT2D eigenvalue weighted by atomic mass is 10.1. The number of hydrogen-bond donors (Lipinski definition) is 1. The zero-order valence-electron chi connectivity index (χ0n) is 14.2. The van der Waals surface area contributed by atoms with Gasteiger partial charge in [-0.2, -0.15) is 0 Å². The number of nitrogens with zero attached hydrogens (tertiary/aromatic N) is 1. The number of amides is 2. The Labute approximate surface area is 152 Å². The van der Waals surface area contributed by atoms with Gasteiger partial charge in [0, 0.05) is 30.2 Å². The second-order valence-electron chi connectivity index (χ2n) is 6.27. The molecule has 3 rings (SSSR count). The smallest absolute Gasteiger partial charge is 0.229 e. The molecule has 1 atom stereocenters. The summed E-state index contributed by atoms with van der Waals surface area (Å²) in [6.07, 6.45) is 1.09. The fraction of sp³-hybridized carbons (Fsp3) is 0.300. The highest BCUT2D eigenvalue weighted by Gasteiger charge is 2.34. The minimum Gasteiger partial charge on any atom is -0.337 e. The SMILES string of the molecule is CCc1ccccc1NC(=O)[C@@H]1CC(=O)N(Cc2ccccc2Cl)C1. The Morgan fingerprint density at radius 3 is 2.56 bits per heavy atom. The van der Waals surface area contributed by atoms with Crippen LogP contribution in [0.4, 0.5) is 5.69 Å². The number of aryl methyl sites for hydroxylation is 1. The summed E-state index contributed by atoms with van der Waals surface area (Å²) in [5.41, 5.74) is 2.81. The van der Waals surface area contributed by atoms with E-state index in [4.69, 9.17) is 11.6 Å². The van der Waals surface area contributed by atoms with Gasteiger partial charge in [0.25, 0.3) is 0 Å². The molecule has 0 unspecified atom stereocenters. The van der Waals surface area contributed by atoms with Crippen LogP contribution >= 0.6 is 11.6 Å². The first kappa shape index (κ1) is 17.5. The minimum absolute atomic E-state index is 0.0103. The normalized spacial score (nSPS) is 17.0. The van der Waals surface area contributed by atoms with Gasteiger partial charge in [-0.25, -0.2) is 0 Å². The van der Waals surface area contributed by atoms with Gasteiger partial charge in [0.05, 0.1) is 5.92 Å². The van der Waals surface area contributed by atoms with E-state index in [1.54, 1.807) is 4.90 Å². The van der Waals surface area contributed by atoms with E-state index in [0.717, 1.165) is 23.2 Å². The predicted octanol–water partition coefficient (Wildman–Crippen LogP) is 3.89. The Balaban J connectivity index is 1.65. The summed E-state index contributed by atoms with van der Waals surface area (Å²) in [7, 11) is 0. The number of benzene rings is 2. The number of hydrogen-bond acceptors (Lipinski definition) is 2. The van der Waals surface area contributed by atoms with Crippen LogP contribution in [0.5, 0.6) is 0 Å². The largest absolute Gasteiger partial charge is 0.337 e. The van der Waals surface area contributed by atoms with Gasteiger partial charge in [-0.05, 0) is 29.7 Å². The lowest BCUT2D eigenvalue weighted by Crippen LogP contribution is -2.28. The van der Waals surface area contributed by atoms with Gasteiger partial charge in [-0.15, -0.1) is 0 Å². The van der Waals surface area contributed by atoms with Crippen LogP contribution in [0.2, 0.25) is 5.02 Å². The van der Waals surface area contributed by atoms with E-state index in [9.17, 15) is 9.59 Å². The average Bonchev–Trinajstić information content (AvgIpc) is 2.98. The molecule has 4 nitrogen and oxygen atoms in total. The number of nitrogens with one attached hydrogen (secondary N) is 1. The molecule has 5 heteroatoms. The van der Waals surface area contributed by atoms with Gasteiger partial charge in [0.15, 0.2) is 0 Å². The molecule has 130 valence electrons. The molecule has 1 aliphatic heterocycles. The number of likely N-dealkylation sites (tertiary alicyclic amines) is 1.